The molecule has 0 atom stereocenters. The lowest BCUT2D eigenvalue weighted by atomic mass is 10.1. The fourth-order valence-corrected chi connectivity index (χ4v) is 2.15. The fourth-order valence-electron chi connectivity index (χ4n) is 2.15. The van der Waals surface area contributed by atoms with Crippen LogP contribution in [-0.4, -0.2) is 6.54 Å². The number of anilines is 1. The van der Waals surface area contributed by atoms with Gasteiger partial charge in [0.05, 0.1) is 0 Å². The third kappa shape index (κ3) is 3.54. The van der Waals surface area contributed by atoms with Gasteiger partial charge in [0.25, 0.3) is 0 Å². The molecule has 20 heavy (non-hydrogen) atoms. The first-order valence-electron chi connectivity index (χ1n) is 6.61. The number of benzene rings is 2. The highest BCUT2D eigenvalue weighted by Crippen LogP contribution is 2.19. The summed E-state index contributed by atoms with van der Waals surface area (Å²) < 4.78 is 26.4. The van der Waals surface area contributed by atoms with Crippen molar-refractivity contribution in [2.24, 2.45) is 5.73 Å². The van der Waals surface area contributed by atoms with E-state index in [0.29, 0.717) is 18.7 Å². The molecule has 0 bridgehead atoms. The van der Waals surface area contributed by atoms with Gasteiger partial charge in [0, 0.05) is 31.4 Å². The van der Waals surface area contributed by atoms with Crippen LogP contribution in [0.5, 0.6) is 0 Å². The maximum atomic E-state index is 13.2. The largest absolute Gasteiger partial charge is 0.367 e. The van der Waals surface area contributed by atoms with Crippen LogP contribution in [0.25, 0.3) is 0 Å². The van der Waals surface area contributed by atoms with Crippen molar-refractivity contribution in [3.8, 4) is 0 Å². The minimum atomic E-state index is -0.547. The second-order valence-electron chi connectivity index (χ2n) is 4.66. The molecule has 0 aliphatic carbocycles. The highest BCUT2D eigenvalue weighted by atomic mass is 19.1. The van der Waals surface area contributed by atoms with Crippen molar-refractivity contribution in [3.05, 3.63) is 65.2 Å². The Morgan fingerprint density at radius 1 is 0.950 bits per heavy atom. The lowest BCUT2D eigenvalue weighted by Gasteiger charge is -2.23. The van der Waals surface area contributed by atoms with Crippen LogP contribution in [0.1, 0.15) is 18.1 Å². The van der Waals surface area contributed by atoms with Gasteiger partial charge in [0.1, 0.15) is 11.6 Å². The molecule has 2 aromatic carbocycles. The number of hydrogen-bond acceptors (Lipinski definition) is 2. The van der Waals surface area contributed by atoms with E-state index in [4.69, 9.17) is 5.73 Å². The molecule has 0 saturated carbocycles. The van der Waals surface area contributed by atoms with E-state index in [-0.39, 0.29) is 0 Å². The van der Waals surface area contributed by atoms with Crippen molar-refractivity contribution >= 4 is 5.69 Å². The van der Waals surface area contributed by atoms with Gasteiger partial charge >= 0.3 is 0 Å². The fraction of sp³-hybridized carbons (Fsp3) is 0.250. The van der Waals surface area contributed by atoms with Crippen LogP contribution in [0, 0.1) is 11.6 Å². The maximum absolute atomic E-state index is 13.2. The molecule has 0 amide bonds. The van der Waals surface area contributed by atoms with Crippen molar-refractivity contribution in [2.45, 2.75) is 20.0 Å². The highest BCUT2D eigenvalue weighted by Gasteiger charge is 2.07. The quantitative estimate of drug-likeness (QED) is 0.906. The minimum Gasteiger partial charge on any atom is -0.367 e. The van der Waals surface area contributed by atoms with Crippen molar-refractivity contribution in [2.75, 3.05) is 11.4 Å². The molecular formula is C16H18F2N2. The summed E-state index contributed by atoms with van der Waals surface area (Å²) in [5.41, 5.74) is 8.25. The molecule has 0 spiro atoms. The Morgan fingerprint density at radius 2 is 1.55 bits per heavy atom. The second kappa shape index (κ2) is 6.48. The first kappa shape index (κ1) is 14.5. The van der Waals surface area contributed by atoms with E-state index < -0.39 is 11.6 Å². The molecule has 2 rings (SSSR count). The molecule has 2 nitrogen and oxygen atoms in total. The topological polar surface area (TPSA) is 29.3 Å². The Bertz CT molecular complexity index is 547. The van der Waals surface area contributed by atoms with Crippen molar-refractivity contribution in [3.63, 3.8) is 0 Å². The SMILES string of the molecule is CCN(Cc1cc(F)cc(F)c1)c1ccc(CN)cc1. The Kier molecular flexibility index (Phi) is 4.69. The summed E-state index contributed by atoms with van der Waals surface area (Å²) in [6, 6.07) is 11.5. The summed E-state index contributed by atoms with van der Waals surface area (Å²) in [7, 11) is 0. The normalized spacial score (nSPS) is 10.6. The first-order chi connectivity index (χ1) is 9.62. The van der Waals surface area contributed by atoms with E-state index >= 15 is 0 Å². The van der Waals surface area contributed by atoms with Gasteiger partial charge in [-0.15, -0.1) is 0 Å². The summed E-state index contributed by atoms with van der Waals surface area (Å²) in [6.45, 7) is 3.72. The van der Waals surface area contributed by atoms with Gasteiger partial charge < -0.3 is 10.6 Å². The smallest absolute Gasteiger partial charge is 0.126 e. The molecule has 0 heterocycles. The molecule has 106 valence electrons. The minimum absolute atomic E-state index is 0.465. The van der Waals surface area contributed by atoms with E-state index in [9.17, 15) is 8.78 Å². The van der Waals surface area contributed by atoms with Crippen LogP contribution in [-0.2, 0) is 13.1 Å². The average Bonchev–Trinajstić information content (AvgIpc) is 2.44. The van der Waals surface area contributed by atoms with Crippen molar-refractivity contribution < 1.29 is 8.78 Å². The summed E-state index contributed by atoms with van der Waals surface area (Å²) >= 11 is 0. The molecule has 0 aromatic heterocycles. The standard InChI is InChI=1S/C16H18F2N2/c1-2-20(16-5-3-12(10-19)4-6-16)11-13-7-14(17)9-15(18)8-13/h3-9H,2,10-11,19H2,1H3. The third-order valence-corrected chi connectivity index (χ3v) is 3.21. The van der Waals surface area contributed by atoms with Crippen LogP contribution < -0.4 is 10.6 Å². The van der Waals surface area contributed by atoms with E-state index in [1.54, 1.807) is 0 Å². The van der Waals surface area contributed by atoms with Crippen LogP contribution >= 0.6 is 0 Å². The average molecular weight is 276 g/mol. The molecule has 0 aliphatic rings. The van der Waals surface area contributed by atoms with Crippen molar-refractivity contribution in [1.82, 2.24) is 0 Å². The van der Waals surface area contributed by atoms with Gasteiger partial charge in [-0.2, -0.15) is 0 Å². The number of nitrogens with two attached hydrogens (primary N) is 1. The van der Waals surface area contributed by atoms with Crippen LogP contribution in [0.15, 0.2) is 42.5 Å². The van der Waals surface area contributed by atoms with E-state index in [0.717, 1.165) is 23.9 Å². The maximum Gasteiger partial charge on any atom is 0.126 e. The van der Waals surface area contributed by atoms with Crippen LogP contribution in [0.3, 0.4) is 0 Å². The molecular weight excluding hydrogens is 258 g/mol. The summed E-state index contributed by atoms with van der Waals surface area (Å²) in [4.78, 5) is 2.05. The zero-order valence-corrected chi connectivity index (χ0v) is 11.4. The predicted octanol–water partition coefficient (Wildman–Crippen LogP) is 3.45. The molecule has 0 unspecified atom stereocenters. The van der Waals surface area contributed by atoms with Crippen molar-refractivity contribution in [1.29, 1.82) is 0 Å². The number of rotatable bonds is 5. The number of halogens is 2. The summed E-state index contributed by atoms with van der Waals surface area (Å²) in [6.07, 6.45) is 0. The molecule has 0 fully saturated rings. The molecule has 4 heteroatoms. The molecule has 0 saturated heterocycles. The molecule has 2 aromatic rings. The van der Waals surface area contributed by atoms with Gasteiger partial charge in [-0.1, -0.05) is 12.1 Å². The Labute approximate surface area is 117 Å². The highest BCUT2D eigenvalue weighted by molar-refractivity contribution is 5.48. The number of nitrogens with zero attached hydrogens (tertiary/aromatic N) is 1. The van der Waals surface area contributed by atoms with Crippen LogP contribution in [0.4, 0.5) is 14.5 Å². The Hall–Kier alpha value is -1.94. The van der Waals surface area contributed by atoms with Gasteiger partial charge in [0.15, 0.2) is 0 Å². The van der Waals surface area contributed by atoms with Crippen LogP contribution in [0.2, 0.25) is 0 Å². The van der Waals surface area contributed by atoms with Gasteiger partial charge in [-0.25, -0.2) is 8.78 Å². The zero-order valence-electron chi connectivity index (χ0n) is 11.4. The number of hydrogen-bond donors (Lipinski definition) is 1. The predicted molar refractivity (Wildman–Crippen MR) is 77.4 cm³/mol. The van der Waals surface area contributed by atoms with Gasteiger partial charge in [0.2, 0.25) is 0 Å². The summed E-state index contributed by atoms with van der Waals surface area (Å²) in [5.74, 6) is -1.09. The Morgan fingerprint density at radius 3 is 2.05 bits per heavy atom. The lowest BCUT2D eigenvalue weighted by molar-refractivity contribution is 0.579. The zero-order chi connectivity index (χ0) is 14.5. The third-order valence-electron chi connectivity index (χ3n) is 3.21. The molecule has 2 N–H and O–H groups in total. The van der Waals surface area contributed by atoms with Gasteiger partial charge in [-0.05, 0) is 42.3 Å². The lowest BCUT2D eigenvalue weighted by Crippen LogP contribution is -2.22. The monoisotopic (exact) mass is 276 g/mol. The van der Waals surface area contributed by atoms with E-state index in [1.807, 2.05) is 31.2 Å². The molecule has 0 aliphatic heterocycles. The van der Waals surface area contributed by atoms with E-state index in [1.165, 1.54) is 12.1 Å². The summed E-state index contributed by atoms with van der Waals surface area (Å²) in [5, 5.41) is 0. The first-order valence-corrected chi connectivity index (χ1v) is 6.61. The van der Waals surface area contributed by atoms with Gasteiger partial charge in [-0.3, -0.25) is 0 Å². The Balaban J connectivity index is 2.19. The molecule has 0 radical (unpaired) electrons. The second-order valence-corrected chi connectivity index (χ2v) is 4.66. The van der Waals surface area contributed by atoms with E-state index in [2.05, 4.69) is 4.90 Å².